The fourth-order valence-electron chi connectivity index (χ4n) is 2.11. The molecule has 6 nitrogen and oxygen atoms in total. The van der Waals surface area contributed by atoms with E-state index in [9.17, 15) is 9.59 Å². The summed E-state index contributed by atoms with van der Waals surface area (Å²) in [4.78, 5) is 30.4. The average molecular weight is 333 g/mol. The van der Waals surface area contributed by atoms with Gasteiger partial charge in [-0.05, 0) is 12.1 Å². The summed E-state index contributed by atoms with van der Waals surface area (Å²) in [7, 11) is 1.44. The predicted molar refractivity (Wildman–Crippen MR) is 76.4 cm³/mol. The van der Waals surface area contributed by atoms with Crippen molar-refractivity contribution in [2.24, 2.45) is 0 Å². The Labute approximate surface area is 132 Å². The summed E-state index contributed by atoms with van der Waals surface area (Å²) in [5.74, 6) is -0.610. The van der Waals surface area contributed by atoms with Crippen LogP contribution in [0.5, 0.6) is 0 Å². The molecule has 2 rings (SSSR count). The lowest BCUT2D eigenvalue weighted by atomic mass is 10.1. The van der Waals surface area contributed by atoms with Gasteiger partial charge in [0.2, 0.25) is 5.91 Å². The summed E-state index contributed by atoms with van der Waals surface area (Å²) >= 11 is 12.1. The monoisotopic (exact) mass is 332 g/mol. The minimum atomic E-state index is -0.741. The first kappa shape index (κ1) is 16.0. The first-order valence-electron chi connectivity index (χ1n) is 6.11. The molecule has 0 spiro atoms. The average Bonchev–Trinajstić information content (AvgIpc) is 2.74. The molecular weight excluding hydrogens is 319 g/mol. The van der Waals surface area contributed by atoms with Crippen molar-refractivity contribution in [1.82, 2.24) is 9.96 Å². The Morgan fingerprint density at radius 1 is 1.43 bits per heavy atom. The highest BCUT2D eigenvalue weighted by atomic mass is 35.5. The minimum absolute atomic E-state index is 0.0807. The van der Waals surface area contributed by atoms with E-state index in [-0.39, 0.29) is 25.2 Å². The molecule has 0 saturated carbocycles. The third-order valence-corrected chi connectivity index (χ3v) is 3.59. The Bertz CT molecular complexity index is 567. The largest absolute Gasteiger partial charge is 0.356 e. The van der Waals surface area contributed by atoms with Crippen LogP contribution in [0.3, 0.4) is 0 Å². The quantitative estimate of drug-likeness (QED) is 0.793. The van der Waals surface area contributed by atoms with Crippen molar-refractivity contribution < 1.29 is 19.2 Å². The number of halogens is 2. The number of carbonyl (C=O) groups excluding carboxylic acids is 2. The van der Waals surface area contributed by atoms with E-state index in [2.05, 4.69) is 0 Å². The van der Waals surface area contributed by atoms with E-state index in [0.717, 1.165) is 5.06 Å². The normalized spacial score (nSPS) is 18.5. The van der Waals surface area contributed by atoms with Gasteiger partial charge < -0.3 is 9.64 Å². The molecule has 2 amide bonds. The van der Waals surface area contributed by atoms with Crippen LogP contribution in [0, 0.1) is 0 Å². The van der Waals surface area contributed by atoms with Gasteiger partial charge in [0.05, 0.1) is 0 Å². The number of benzene rings is 1. The molecule has 1 aromatic rings. The minimum Gasteiger partial charge on any atom is -0.356 e. The lowest BCUT2D eigenvalue weighted by Crippen LogP contribution is -2.35. The maximum atomic E-state index is 12.0. The lowest BCUT2D eigenvalue weighted by Gasteiger charge is -2.29. The van der Waals surface area contributed by atoms with Crippen LogP contribution in [0.15, 0.2) is 18.2 Å². The van der Waals surface area contributed by atoms with Crippen LogP contribution >= 0.6 is 23.2 Å². The number of carbonyl (C=O) groups is 2. The van der Waals surface area contributed by atoms with Crippen molar-refractivity contribution in [3.63, 3.8) is 0 Å². The molecule has 8 heteroatoms. The molecule has 0 N–H and O–H groups in total. The zero-order valence-corrected chi connectivity index (χ0v) is 13.0. The fourth-order valence-corrected chi connectivity index (χ4v) is 2.61. The van der Waals surface area contributed by atoms with Crippen LogP contribution in [-0.4, -0.2) is 42.2 Å². The van der Waals surface area contributed by atoms with Gasteiger partial charge in [0.15, 0.2) is 13.0 Å². The zero-order valence-electron chi connectivity index (χ0n) is 11.5. The van der Waals surface area contributed by atoms with E-state index >= 15 is 0 Å². The molecule has 0 radical (unpaired) electrons. The molecule has 1 aliphatic rings. The SMILES string of the molecule is COCON1C(=O)CN(C(C)=O)[C@@H]1c1ccc(Cl)cc1Cl. The maximum absolute atomic E-state index is 12.0. The summed E-state index contributed by atoms with van der Waals surface area (Å²) < 4.78 is 4.81. The molecular formula is C13H14Cl2N2O4. The highest BCUT2D eigenvalue weighted by molar-refractivity contribution is 6.35. The smallest absolute Gasteiger partial charge is 0.268 e. The molecule has 1 saturated heterocycles. The van der Waals surface area contributed by atoms with E-state index < -0.39 is 6.17 Å². The first-order valence-corrected chi connectivity index (χ1v) is 6.87. The number of hydrogen-bond acceptors (Lipinski definition) is 4. The van der Waals surface area contributed by atoms with Gasteiger partial charge in [0.25, 0.3) is 5.91 Å². The number of ether oxygens (including phenoxy) is 1. The second-order valence-electron chi connectivity index (χ2n) is 4.44. The van der Waals surface area contributed by atoms with Gasteiger partial charge in [-0.25, -0.2) is 4.84 Å². The van der Waals surface area contributed by atoms with Gasteiger partial charge in [-0.2, -0.15) is 5.06 Å². The second-order valence-corrected chi connectivity index (χ2v) is 5.29. The maximum Gasteiger partial charge on any atom is 0.268 e. The van der Waals surface area contributed by atoms with Crippen LogP contribution in [0.2, 0.25) is 10.0 Å². The molecule has 21 heavy (non-hydrogen) atoms. The number of hydrogen-bond donors (Lipinski definition) is 0. The predicted octanol–water partition coefficient (Wildman–Crippen LogP) is 2.22. The third kappa shape index (κ3) is 3.29. The molecule has 0 bridgehead atoms. The molecule has 1 atom stereocenters. The van der Waals surface area contributed by atoms with Crippen LogP contribution in [0.25, 0.3) is 0 Å². The van der Waals surface area contributed by atoms with Crippen LogP contribution < -0.4 is 0 Å². The Balaban J connectivity index is 2.41. The summed E-state index contributed by atoms with van der Waals surface area (Å²) in [6, 6.07) is 4.85. The summed E-state index contributed by atoms with van der Waals surface area (Å²) in [5, 5.41) is 1.91. The summed E-state index contributed by atoms with van der Waals surface area (Å²) in [6.07, 6.45) is -0.741. The fraction of sp³-hybridized carbons (Fsp3) is 0.385. The van der Waals surface area contributed by atoms with Crippen LogP contribution in [0.4, 0.5) is 0 Å². The number of amides is 2. The second kappa shape index (κ2) is 6.62. The highest BCUT2D eigenvalue weighted by Gasteiger charge is 2.42. The third-order valence-electron chi connectivity index (χ3n) is 3.02. The van der Waals surface area contributed by atoms with Gasteiger partial charge in [-0.3, -0.25) is 9.59 Å². The van der Waals surface area contributed by atoms with E-state index in [1.54, 1.807) is 18.2 Å². The van der Waals surface area contributed by atoms with Gasteiger partial charge >= 0.3 is 0 Å². The molecule has 1 heterocycles. The van der Waals surface area contributed by atoms with Crippen molar-refractivity contribution in [2.75, 3.05) is 20.4 Å². The van der Waals surface area contributed by atoms with Crippen molar-refractivity contribution >= 4 is 35.0 Å². The van der Waals surface area contributed by atoms with Gasteiger partial charge in [-0.15, -0.1) is 0 Å². The van der Waals surface area contributed by atoms with E-state index in [0.29, 0.717) is 15.6 Å². The number of rotatable bonds is 4. The lowest BCUT2D eigenvalue weighted by molar-refractivity contribution is -0.233. The van der Waals surface area contributed by atoms with Crippen molar-refractivity contribution in [3.8, 4) is 0 Å². The molecule has 0 unspecified atom stereocenters. The molecule has 0 aliphatic carbocycles. The molecule has 1 aromatic carbocycles. The van der Waals surface area contributed by atoms with Crippen LogP contribution in [-0.2, 0) is 19.2 Å². The Morgan fingerprint density at radius 3 is 2.71 bits per heavy atom. The van der Waals surface area contributed by atoms with Crippen molar-refractivity contribution in [1.29, 1.82) is 0 Å². The Morgan fingerprint density at radius 2 is 2.14 bits per heavy atom. The van der Waals surface area contributed by atoms with E-state index in [1.165, 1.54) is 18.9 Å². The van der Waals surface area contributed by atoms with E-state index in [4.69, 9.17) is 32.8 Å². The van der Waals surface area contributed by atoms with Crippen molar-refractivity contribution in [2.45, 2.75) is 13.1 Å². The first-order chi connectivity index (χ1) is 9.95. The molecule has 1 fully saturated rings. The van der Waals surface area contributed by atoms with Gasteiger partial charge in [0, 0.05) is 29.6 Å². The van der Waals surface area contributed by atoms with Gasteiger partial charge in [-0.1, -0.05) is 29.3 Å². The molecule has 0 aromatic heterocycles. The van der Waals surface area contributed by atoms with E-state index in [1.807, 2.05) is 0 Å². The highest BCUT2D eigenvalue weighted by Crippen LogP contribution is 2.36. The van der Waals surface area contributed by atoms with Gasteiger partial charge in [0.1, 0.15) is 6.54 Å². The van der Waals surface area contributed by atoms with Crippen LogP contribution in [0.1, 0.15) is 18.7 Å². The Kier molecular flexibility index (Phi) is 5.05. The number of nitrogens with zero attached hydrogens (tertiary/aromatic N) is 2. The Hall–Kier alpha value is -1.34. The standard InChI is InChI=1S/C13H14Cl2N2O4/c1-8(18)16-6-12(19)17(21-7-20-2)13(16)10-4-3-9(14)5-11(10)15/h3-5,13H,6-7H2,1-2H3/t13-/m0/s1. The number of hydroxylamine groups is 2. The zero-order chi connectivity index (χ0) is 15.6. The topological polar surface area (TPSA) is 59.1 Å². The summed E-state index contributed by atoms with van der Waals surface area (Å²) in [5.41, 5.74) is 0.554. The molecule has 1 aliphatic heterocycles. The summed E-state index contributed by atoms with van der Waals surface area (Å²) in [6.45, 7) is 1.19. The van der Waals surface area contributed by atoms with Crippen molar-refractivity contribution in [3.05, 3.63) is 33.8 Å². The molecule has 114 valence electrons. The number of methoxy groups -OCH3 is 1.